The summed E-state index contributed by atoms with van der Waals surface area (Å²) in [6.07, 6.45) is 3.41. The Kier molecular flexibility index (Phi) is 3.77. The molecule has 0 aromatic rings. The van der Waals surface area contributed by atoms with E-state index in [1.165, 1.54) is 13.8 Å². The molecule has 1 aliphatic carbocycles. The van der Waals surface area contributed by atoms with Crippen LogP contribution < -0.4 is 0 Å². The van der Waals surface area contributed by atoms with Crippen LogP contribution in [0.5, 0.6) is 0 Å². The van der Waals surface area contributed by atoms with Crippen LogP contribution in [0, 0.1) is 5.41 Å². The molecular formula is C12H18O3. The molecule has 0 aromatic carbocycles. The van der Waals surface area contributed by atoms with Crippen molar-refractivity contribution in [2.45, 2.75) is 52.4 Å². The normalized spacial score (nSPS) is 20.0. The number of carbonyl (C=O) groups is 3. The Balaban J connectivity index is 2.78. The lowest BCUT2D eigenvalue weighted by Crippen LogP contribution is -2.32. The average Bonchev–Trinajstić information content (AvgIpc) is 1.99. The first-order valence-electron chi connectivity index (χ1n) is 5.44. The summed E-state index contributed by atoms with van der Waals surface area (Å²) in [6, 6.07) is 0. The van der Waals surface area contributed by atoms with Gasteiger partial charge in [-0.15, -0.1) is 0 Å². The van der Waals surface area contributed by atoms with Crippen LogP contribution in [0.15, 0.2) is 0 Å². The van der Waals surface area contributed by atoms with Crippen molar-refractivity contribution in [3.05, 3.63) is 0 Å². The van der Waals surface area contributed by atoms with Gasteiger partial charge in [-0.05, 0) is 32.1 Å². The Morgan fingerprint density at radius 2 is 1.73 bits per heavy atom. The summed E-state index contributed by atoms with van der Waals surface area (Å²) in [6.45, 7) is 3.06. The molecule has 0 N–H and O–H groups in total. The molecule has 0 radical (unpaired) electrons. The average molecular weight is 210 g/mol. The maximum atomic E-state index is 11.4. The SMILES string of the molecule is CC(=O)CC1(CC(C)=O)CCCC(=O)C1. The second kappa shape index (κ2) is 4.69. The first-order chi connectivity index (χ1) is 6.93. The van der Waals surface area contributed by atoms with Gasteiger partial charge in [-0.25, -0.2) is 0 Å². The molecule has 0 atom stereocenters. The van der Waals surface area contributed by atoms with Gasteiger partial charge in [-0.3, -0.25) is 4.79 Å². The lowest BCUT2D eigenvalue weighted by atomic mass is 9.68. The van der Waals surface area contributed by atoms with E-state index in [-0.39, 0.29) is 22.8 Å². The molecule has 1 fully saturated rings. The fourth-order valence-corrected chi connectivity index (χ4v) is 2.68. The van der Waals surface area contributed by atoms with E-state index in [1.807, 2.05) is 0 Å². The van der Waals surface area contributed by atoms with Crippen molar-refractivity contribution in [3.8, 4) is 0 Å². The predicted octanol–water partition coefficient (Wildman–Crippen LogP) is 2.07. The van der Waals surface area contributed by atoms with Gasteiger partial charge in [-0.1, -0.05) is 0 Å². The number of ketones is 3. The predicted molar refractivity (Wildman–Crippen MR) is 56.5 cm³/mol. The van der Waals surface area contributed by atoms with Gasteiger partial charge < -0.3 is 9.59 Å². The molecule has 0 saturated heterocycles. The lowest BCUT2D eigenvalue weighted by molar-refractivity contribution is -0.128. The van der Waals surface area contributed by atoms with Gasteiger partial charge in [0, 0.05) is 25.7 Å². The zero-order valence-electron chi connectivity index (χ0n) is 9.47. The zero-order valence-corrected chi connectivity index (χ0v) is 9.47. The molecular weight excluding hydrogens is 192 g/mol. The Bertz CT molecular complexity index is 270. The van der Waals surface area contributed by atoms with E-state index < -0.39 is 0 Å². The van der Waals surface area contributed by atoms with Crippen LogP contribution in [0.4, 0.5) is 0 Å². The highest BCUT2D eigenvalue weighted by atomic mass is 16.1. The molecule has 0 aromatic heterocycles. The molecule has 15 heavy (non-hydrogen) atoms. The molecule has 1 saturated carbocycles. The topological polar surface area (TPSA) is 51.2 Å². The minimum Gasteiger partial charge on any atom is -0.300 e. The van der Waals surface area contributed by atoms with Crippen LogP contribution in [-0.4, -0.2) is 17.3 Å². The van der Waals surface area contributed by atoms with Crippen molar-refractivity contribution < 1.29 is 14.4 Å². The van der Waals surface area contributed by atoms with Crippen LogP contribution in [-0.2, 0) is 14.4 Å². The molecule has 0 spiro atoms. The van der Waals surface area contributed by atoms with Crippen molar-refractivity contribution in [2.75, 3.05) is 0 Å². The zero-order chi connectivity index (χ0) is 11.5. The van der Waals surface area contributed by atoms with Crippen LogP contribution in [0.1, 0.15) is 52.4 Å². The van der Waals surface area contributed by atoms with Gasteiger partial charge in [0.1, 0.15) is 17.3 Å². The smallest absolute Gasteiger partial charge is 0.133 e. The second-order valence-electron chi connectivity index (χ2n) is 4.83. The Labute approximate surface area is 90.2 Å². The first-order valence-corrected chi connectivity index (χ1v) is 5.44. The monoisotopic (exact) mass is 210 g/mol. The third-order valence-corrected chi connectivity index (χ3v) is 2.98. The second-order valence-corrected chi connectivity index (χ2v) is 4.83. The Hall–Kier alpha value is -0.990. The van der Waals surface area contributed by atoms with Crippen LogP contribution in [0.2, 0.25) is 0 Å². The largest absolute Gasteiger partial charge is 0.300 e. The molecule has 84 valence electrons. The summed E-state index contributed by atoms with van der Waals surface area (Å²) in [5, 5.41) is 0. The van der Waals surface area contributed by atoms with E-state index in [4.69, 9.17) is 0 Å². The molecule has 3 nitrogen and oxygen atoms in total. The van der Waals surface area contributed by atoms with Crippen molar-refractivity contribution >= 4 is 17.3 Å². The summed E-state index contributed by atoms with van der Waals surface area (Å²) in [4.78, 5) is 33.8. The van der Waals surface area contributed by atoms with Gasteiger partial charge in [0.25, 0.3) is 0 Å². The summed E-state index contributed by atoms with van der Waals surface area (Å²) in [5.74, 6) is 0.348. The van der Waals surface area contributed by atoms with Crippen molar-refractivity contribution in [2.24, 2.45) is 5.41 Å². The first kappa shape index (κ1) is 12.1. The lowest BCUT2D eigenvalue weighted by Gasteiger charge is -2.35. The van der Waals surface area contributed by atoms with Crippen LogP contribution in [0.3, 0.4) is 0 Å². The minimum absolute atomic E-state index is 0.0750. The van der Waals surface area contributed by atoms with Gasteiger partial charge in [0.05, 0.1) is 0 Å². The minimum atomic E-state index is -0.354. The van der Waals surface area contributed by atoms with Gasteiger partial charge in [-0.2, -0.15) is 0 Å². The Morgan fingerprint density at radius 3 is 2.13 bits per heavy atom. The van der Waals surface area contributed by atoms with E-state index in [0.29, 0.717) is 25.7 Å². The number of carbonyl (C=O) groups excluding carboxylic acids is 3. The fourth-order valence-electron chi connectivity index (χ4n) is 2.68. The summed E-state index contributed by atoms with van der Waals surface area (Å²) < 4.78 is 0. The fraction of sp³-hybridized carbons (Fsp3) is 0.750. The van der Waals surface area contributed by atoms with Crippen molar-refractivity contribution in [3.63, 3.8) is 0 Å². The number of hydrogen-bond donors (Lipinski definition) is 0. The number of Topliss-reactive ketones (excluding diaryl/α,β-unsaturated/α-hetero) is 3. The number of rotatable bonds is 4. The molecule has 0 aliphatic heterocycles. The third-order valence-electron chi connectivity index (χ3n) is 2.98. The van der Waals surface area contributed by atoms with Crippen molar-refractivity contribution in [1.82, 2.24) is 0 Å². The molecule has 3 heteroatoms. The summed E-state index contributed by atoms with van der Waals surface area (Å²) in [5.41, 5.74) is -0.354. The van der Waals surface area contributed by atoms with Crippen molar-refractivity contribution in [1.29, 1.82) is 0 Å². The van der Waals surface area contributed by atoms with E-state index >= 15 is 0 Å². The molecule has 0 heterocycles. The highest BCUT2D eigenvalue weighted by molar-refractivity contribution is 5.85. The molecule has 1 aliphatic rings. The molecule has 0 amide bonds. The maximum Gasteiger partial charge on any atom is 0.133 e. The van der Waals surface area contributed by atoms with Crippen LogP contribution >= 0.6 is 0 Å². The van der Waals surface area contributed by atoms with Gasteiger partial charge >= 0.3 is 0 Å². The quantitative estimate of drug-likeness (QED) is 0.713. The third kappa shape index (κ3) is 3.57. The molecule has 1 rings (SSSR count). The standard InChI is InChI=1S/C12H18O3/c1-9(13)6-12(7-10(2)14)5-3-4-11(15)8-12/h3-8H2,1-2H3. The summed E-state index contributed by atoms with van der Waals surface area (Å²) >= 11 is 0. The van der Waals surface area contributed by atoms with E-state index in [9.17, 15) is 14.4 Å². The molecule has 0 unspecified atom stereocenters. The Morgan fingerprint density at radius 1 is 1.20 bits per heavy atom. The van der Waals surface area contributed by atoms with Gasteiger partial charge in [0.15, 0.2) is 0 Å². The number of hydrogen-bond acceptors (Lipinski definition) is 3. The highest BCUT2D eigenvalue weighted by Gasteiger charge is 2.37. The van der Waals surface area contributed by atoms with Gasteiger partial charge in [0.2, 0.25) is 0 Å². The highest BCUT2D eigenvalue weighted by Crippen LogP contribution is 2.41. The van der Waals surface area contributed by atoms with E-state index in [0.717, 1.165) is 12.8 Å². The van der Waals surface area contributed by atoms with Crippen LogP contribution in [0.25, 0.3) is 0 Å². The van der Waals surface area contributed by atoms with E-state index in [2.05, 4.69) is 0 Å². The van der Waals surface area contributed by atoms with E-state index in [1.54, 1.807) is 0 Å². The maximum absolute atomic E-state index is 11.4. The summed E-state index contributed by atoms with van der Waals surface area (Å²) in [7, 11) is 0. The molecule has 0 bridgehead atoms.